The molecule has 1 aromatic rings. The van der Waals surface area contributed by atoms with Crippen molar-refractivity contribution in [1.29, 1.82) is 0 Å². The molecule has 0 saturated heterocycles. The zero-order valence-corrected chi connectivity index (χ0v) is 9.01. The van der Waals surface area contributed by atoms with Crippen LogP contribution >= 0.6 is 0 Å². The summed E-state index contributed by atoms with van der Waals surface area (Å²) in [5, 5.41) is 9.78. The fourth-order valence-electron chi connectivity index (χ4n) is 1.71. The first-order valence-corrected chi connectivity index (χ1v) is 5.11. The molecule has 0 amide bonds. The SMILES string of the molecule is C=CCc1c(C)cc(CCC)cc1O. The fourth-order valence-corrected chi connectivity index (χ4v) is 1.71. The zero-order valence-electron chi connectivity index (χ0n) is 9.01. The van der Waals surface area contributed by atoms with Crippen LogP contribution in [0.4, 0.5) is 0 Å². The van der Waals surface area contributed by atoms with Crippen LogP contribution in [0.1, 0.15) is 30.0 Å². The zero-order chi connectivity index (χ0) is 10.6. The predicted molar refractivity (Wildman–Crippen MR) is 60.7 cm³/mol. The topological polar surface area (TPSA) is 20.2 Å². The highest BCUT2D eigenvalue weighted by molar-refractivity contribution is 5.43. The number of benzene rings is 1. The van der Waals surface area contributed by atoms with Gasteiger partial charge in [-0.15, -0.1) is 6.58 Å². The molecule has 0 saturated carbocycles. The molecule has 1 N–H and O–H groups in total. The maximum atomic E-state index is 9.78. The van der Waals surface area contributed by atoms with Crippen LogP contribution in [-0.2, 0) is 12.8 Å². The Balaban J connectivity index is 3.04. The van der Waals surface area contributed by atoms with Crippen molar-refractivity contribution in [1.82, 2.24) is 0 Å². The van der Waals surface area contributed by atoms with Crippen molar-refractivity contribution in [3.05, 3.63) is 41.5 Å². The molecule has 0 aliphatic carbocycles. The molecule has 0 radical (unpaired) electrons. The van der Waals surface area contributed by atoms with Crippen molar-refractivity contribution in [3.8, 4) is 5.75 Å². The fraction of sp³-hybridized carbons (Fsp3) is 0.385. The normalized spacial score (nSPS) is 10.1. The van der Waals surface area contributed by atoms with Crippen LogP contribution in [0.15, 0.2) is 24.8 Å². The van der Waals surface area contributed by atoms with E-state index in [0.717, 1.165) is 30.4 Å². The smallest absolute Gasteiger partial charge is 0.119 e. The molecule has 0 fully saturated rings. The van der Waals surface area contributed by atoms with Crippen molar-refractivity contribution in [3.63, 3.8) is 0 Å². The van der Waals surface area contributed by atoms with Crippen molar-refractivity contribution in [2.45, 2.75) is 33.1 Å². The Morgan fingerprint density at radius 3 is 2.64 bits per heavy atom. The Morgan fingerprint density at radius 1 is 1.43 bits per heavy atom. The maximum absolute atomic E-state index is 9.78. The summed E-state index contributed by atoms with van der Waals surface area (Å²) in [6, 6.07) is 4.03. The van der Waals surface area contributed by atoms with Crippen LogP contribution < -0.4 is 0 Å². The molecule has 1 aromatic carbocycles. The lowest BCUT2D eigenvalue weighted by atomic mass is 9.99. The van der Waals surface area contributed by atoms with E-state index >= 15 is 0 Å². The highest BCUT2D eigenvalue weighted by Gasteiger charge is 2.05. The number of hydrogen-bond acceptors (Lipinski definition) is 1. The number of phenolic OH excluding ortho intramolecular Hbond substituents is 1. The number of aromatic hydroxyl groups is 1. The van der Waals surface area contributed by atoms with Gasteiger partial charge >= 0.3 is 0 Å². The van der Waals surface area contributed by atoms with Gasteiger partial charge in [0.2, 0.25) is 0 Å². The van der Waals surface area contributed by atoms with Gasteiger partial charge in [0.05, 0.1) is 0 Å². The number of hydrogen-bond donors (Lipinski definition) is 1. The Kier molecular flexibility index (Phi) is 3.75. The van der Waals surface area contributed by atoms with Crippen LogP contribution in [0.25, 0.3) is 0 Å². The molecule has 0 aliphatic heterocycles. The predicted octanol–water partition coefficient (Wildman–Crippen LogP) is 3.38. The summed E-state index contributed by atoms with van der Waals surface area (Å²) in [6.07, 6.45) is 4.70. The van der Waals surface area contributed by atoms with Crippen molar-refractivity contribution in [2.24, 2.45) is 0 Å². The second-order valence-corrected chi connectivity index (χ2v) is 3.65. The van der Waals surface area contributed by atoms with Gasteiger partial charge in [0.15, 0.2) is 0 Å². The Bertz CT molecular complexity index is 303. The van der Waals surface area contributed by atoms with E-state index in [0.29, 0.717) is 5.75 Å². The minimum Gasteiger partial charge on any atom is -0.508 e. The highest BCUT2D eigenvalue weighted by Crippen LogP contribution is 2.24. The van der Waals surface area contributed by atoms with Crippen LogP contribution in [0.3, 0.4) is 0 Å². The number of aryl methyl sites for hydroxylation is 2. The summed E-state index contributed by atoms with van der Waals surface area (Å²) in [4.78, 5) is 0. The summed E-state index contributed by atoms with van der Waals surface area (Å²) < 4.78 is 0. The van der Waals surface area contributed by atoms with Gasteiger partial charge in [0.25, 0.3) is 0 Å². The lowest BCUT2D eigenvalue weighted by Crippen LogP contribution is -1.92. The summed E-state index contributed by atoms with van der Waals surface area (Å²) in [7, 11) is 0. The summed E-state index contributed by atoms with van der Waals surface area (Å²) >= 11 is 0. The molecular formula is C13H18O. The van der Waals surface area contributed by atoms with E-state index in [2.05, 4.69) is 19.6 Å². The van der Waals surface area contributed by atoms with E-state index in [1.807, 2.05) is 19.1 Å². The second kappa shape index (κ2) is 4.85. The first kappa shape index (κ1) is 10.8. The third-order valence-electron chi connectivity index (χ3n) is 2.40. The molecule has 0 aromatic heterocycles. The van der Waals surface area contributed by atoms with Crippen molar-refractivity contribution in [2.75, 3.05) is 0 Å². The Hall–Kier alpha value is -1.24. The van der Waals surface area contributed by atoms with E-state index < -0.39 is 0 Å². The Morgan fingerprint density at radius 2 is 2.14 bits per heavy atom. The molecule has 1 heteroatoms. The standard InChI is InChI=1S/C13H18O/c1-4-6-11-8-10(3)12(7-5-2)13(14)9-11/h5,8-9,14H,2,4,6-7H2,1,3H3. The minimum absolute atomic E-state index is 0.411. The van der Waals surface area contributed by atoms with Gasteiger partial charge in [-0.2, -0.15) is 0 Å². The van der Waals surface area contributed by atoms with E-state index in [1.165, 1.54) is 5.56 Å². The Labute approximate surface area is 86.1 Å². The molecule has 0 heterocycles. The largest absolute Gasteiger partial charge is 0.508 e. The molecule has 14 heavy (non-hydrogen) atoms. The lowest BCUT2D eigenvalue weighted by molar-refractivity contribution is 0.468. The molecule has 0 spiro atoms. The molecule has 1 rings (SSSR count). The van der Waals surface area contributed by atoms with Gasteiger partial charge in [-0.25, -0.2) is 0 Å². The second-order valence-electron chi connectivity index (χ2n) is 3.65. The van der Waals surface area contributed by atoms with Crippen molar-refractivity contribution >= 4 is 0 Å². The number of rotatable bonds is 4. The van der Waals surface area contributed by atoms with E-state index in [-0.39, 0.29) is 0 Å². The third kappa shape index (κ3) is 2.38. The van der Waals surface area contributed by atoms with Gasteiger partial charge < -0.3 is 5.11 Å². The van der Waals surface area contributed by atoms with Crippen LogP contribution in [0.2, 0.25) is 0 Å². The molecule has 0 unspecified atom stereocenters. The minimum atomic E-state index is 0.411. The molecule has 0 atom stereocenters. The highest BCUT2D eigenvalue weighted by atomic mass is 16.3. The quantitative estimate of drug-likeness (QED) is 0.722. The average molecular weight is 190 g/mol. The van der Waals surface area contributed by atoms with Gasteiger partial charge in [-0.1, -0.05) is 25.5 Å². The molecule has 0 aliphatic rings. The van der Waals surface area contributed by atoms with E-state index in [1.54, 1.807) is 0 Å². The summed E-state index contributed by atoms with van der Waals surface area (Å²) in [6.45, 7) is 7.87. The summed E-state index contributed by atoms with van der Waals surface area (Å²) in [5.74, 6) is 0.411. The average Bonchev–Trinajstić information content (AvgIpc) is 2.12. The third-order valence-corrected chi connectivity index (χ3v) is 2.40. The number of phenols is 1. The van der Waals surface area contributed by atoms with E-state index in [4.69, 9.17) is 0 Å². The number of allylic oxidation sites excluding steroid dienone is 1. The first-order valence-electron chi connectivity index (χ1n) is 5.11. The molecule has 76 valence electrons. The van der Waals surface area contributed by atoms with Crippen LogP contribution in [-0.4, -0.2) is 5.11 Å². The van der Waals surface area contributed by atoms with Gasteiger partial charge in [0, 0.05) is 5.56 Å². The van der Waals surface area contributed by atoms with Gasteiger partial charge in [0.1, 0.15) is 5.75 Å². The van der Waals surface area contributed by atoms with Crippen LogP contribution in [0, 0.1) is 6.92 Å². The molecule has 0 bridgehead atoms. The maximum Gasteiger partial charge on any atom is 0.119 e. The van der Waals surface area contributed by atoms with Gasteiger partial charge in [-0.3, -0.25) is 0 Å². The van der Waals surface area contributed by atoms with Gasteiger partial charge in [-0.05, 0) is 37.0 Å². The molecular weight excluding hydrogens is 172 g/mol. The van der Waals surface area contributed by atoms with Crippen molar-refractivity contribution < 1.29 is 5.11 Å². The summed E-state index contributed by atoms with van der Waals surface area (Å²) in [5.41, 5.74) is 3.38. The van der Waals surface area contributed by atoms with Crippen LogP contribution in [0.5, 0.6) is 5.75 Å². The lowest BCUT2D eigenvalue weighted by Gasteiger charge is -2.09. The molecule has 1 nitrogen and oxygen atoms in total. The van der Waals surface area contributed by atoms with E-state index in [9.17, 15) is 5.11 Å². The first-order chi connectivity index (χ1) is 6.69. The monoisotopic (exact) mass is 190 g/mol.